The smallest absolute Gasteiger partial charge is 0.234 e. The predicted molar refractivity (Wildman–Crippen MR) is 119 cm³/mol. The van der Waals surface area contributed by atoms with E-state index in [4.69, 9.17) is 16.3 Å². The number of anilines is 1. The van der Waals surface area contributed by atoms with Gasteiger partial charge in [-0.25, -0.2) is 0 Å². The third kappa shape index (κ3) is 2.61. The fraction of sp³-hybridized carbons (Fsp3) is 0.346. The van der Waals surface area contributed by atoms with E-state index in [9.17, 15) is 14.4 Å². The lowest BCUT2D eigenvalue weighted by Gasteiger charge is -2.49. The third-order valence-corrected chi connectivity index (χ3v) is 8.04. The van der Waals surface area contributed by atoms with Crippen molar-refractivity contribution < 1.29 is 19.1 Å². The first-order valence-electron chi connectivity index (χ1n) is 11.0. The minimum absolute atomic E-state index is 0.0384. The van der Waals surface area contributed by atoms with E-state index in [2.05, 4.69) is 12.2 Å². The zero-order valence-electron chi connectivity index (χ0n) is 17.5. The highest BCUT2D eigenvalue weighted by Crippen LogP contribution is 2.58. The Morgan fingerprint density at radius 1 is 0.844 bits per heavy atom. The molecule has 3 fully saturated rings. The van der Waals surface area contributed by atoms with Gasteiger partial charge in [0.05, 0.1) is 25.0 Å². The van der Waals surface area contributed by atoms with Crippen LogP contribution in [0.5, 0.6) is 5.75 Å². The fourth-order valence-corrected chi connectivity index (χ4v) is 6.52. The van der Waals surface area contributed by atoms with Gasteiger partial charge in [-0.15, -0.1) is 0 Å². The van der Waals surface area contributed by atoms with Crippen molar-refractivity contribution >= 4 is 34.8 Å². The van der Waals surface area contributed by atoms with Gasteiger partial charge in [-0.2, -0.15) is 0 Å². The Morgan fingerprint density at radius 3 is 2.00 bits per heavy atom. The number of hydrogen-bond acceptors (Lipinski definition) is 4. The topological polar surface area (TPSA) is 63.7 Å². The van der Waals surface area contributed by atoms with E-state index in [1.807, 2.05) is 24.3 Å². The minimum Gasteiger partial charge on any atom is -0.497 e. The van der Waals surface area contributed by atoms with Crippen LogP contribution in [-0.4, -0.2) is 24.6 Å². The van der Waals surface area contributed by atoms with Gasteiger partial charge in [0.25, 0.3) is 0 Å². The number of halogens is 1. The Balaban J connectivity index is 1.39. The first-order valence-corrected chi connectivity index (χ1v) is 11.4. The van der Waals surface area contributed by atoms with E-state index in [-0.39, 0.29) is 41.1 Å². The average Bonchev–Trinajstić information content (AvgIpc) is 3.49. The lowest BCUT2D eigenvalue weighted by Crippen LogP contribution is -2.60. The summed E-state index contributed by atoms with van der Waals surface area (Å²) in [6.07, 6.45) is 5.06. The SMILES string of the molecule is COc1ccc(N2C(=O)[C@H](C3C(=O)[C@@H]4[C@H](C3=O)[C@@H]3C=C[C@H]4C3)[C@H]2c2ccc(Cl)cc2)cc1. The predicted octanol–water partition coefficient (Wildman–Crippen LogP) is 4.26. The molecule has 0 spiro atoms. The van der Waals surface area contributed by atoms with Gasteiger partial charge in [-0.1, -0.05) is 35.9 Å². The quantitative estimate of drug-likeness (QED) is 0.399. The number of Topliss-reactive ketones (excluding diaryl/α,β-unsaturated/α-hetero) is 2. The van der Waals surface area contributed by atoms with Crippen molar-refractivity contribution in [3.63, 3.8) is 0 Å². The van der Waals surface area contributed by atoms with Gasteiger partial charge in [-0.05, 0) is 60.2 Å². The Hall–Kier alpha value is -2.92. The van der Waals surface area contributed by atoms with Gasteiger partial charge in [0.2, 0.25) is 5.91 Å². The Bertz CT molecular complexity index is 1130. The molecule has 32 heavy (non-hydrogen) atoms. The summed E-state index contributed by atoms with van der Waals surface area (Å²) in [6, 6.07) is 14.2. The molecule has 6 heteroatoms. The highest BCUT2D eigenvalue weighted by atomic mass is 35.5. The van der Waals surface area contributed by atoms with Crippen molar-refractivity contribution in [3.8, 4) is 5.75 Å². The van der Waals surface area contributed by atoms with Crippen LogP contribution in [0.15, 0.2) is 60.7 Å². The monoisotopic (exact) mass is 447 g/mol. The summed E-state index contributed by atoms with van der Waals surface area (Å²) in [5, 5.41) is 0.595. The maximum Gasteiger partial charge on any atom is 0.234 e. The fourth-order valence-electron chi connectivity index (χ4n) is 6.39. The number of carbonyl (C=O) groups is 3. The molecule has 3 aliphatic carbocycles. The number of benzene rings is 2. The van der Waals surface area contributed by atoms with Crippen LogP contribution in [0.25, 0.3) is 0 Å². The number of nitrogens with zero attached hydrogens (tertiary/aromatic N) is 1. The second kappa shape index (κ2) is 7.04. The van der Waals surface area contributed by atoms with Crippen LogP contribution in [0.4, 0.5) is 5.69 Å². The summed E-state index contributed by atoms with van der Waals surface area (Å²) in [5.74, 6) is -1.32. The van der Waals surface area contributed by atoms with Gasteiger partial charge in [-0.3, -0.25) is 14.4 Å². The first kappa shape index (κ1) is 19.7. The van der Waals surface area contributed by atoms with E-state index in [1.54, 1.807) is 36.3 Å². The van der Waals surface area contributed by atoms with Gasteiger partial charge in [0.15, 0.2) is 0 Å². The summed E-state index contributed by atoms with van der Waals surface area (Å²) in [4.78, 5) is 42.1. The van der Waals surface area contributed by atoms with Crippen molar-refractivity contribution in [2.75, 3.05) is 12.0 Å². The Kier molecular flexibility index (Phi) is 4.34. The third-order valence-electron chi connectivity index (χ3n) is 7.79. The zero-order valence-corrected chi connectivity index (χ0v) is 18.2. The lowest BCUT2D eigenvalue weighted by molar-refractivity contribution is -0.143. The molecule has 2 aromatic rings. The van der Waals surface area contributed by atoms with E-state index in [0.717, 1.165) is 12.0 Å². The zero-order chi connectivity index (χ0) is 22.1. The second-order valence-electron chi connectivity index (χ2n) is 9.21. The number of β-lactam (4-membered cyclic amide) rings is 1. The van der Waals surface area contributed by atoms with Crippen LogP contribution in [0.1, 0.15) is 18.0 Å². The summed E-state index contributed by atoms with van der Waals surface area (Å²) in [7, 11) is 1.59. The average molecular weight is 448 g/mol. The van der Waals surface area contributed by atoms with Crippen molar-refractivity contribution in [1.29, 1.82) is 0 Å². The molecule has 1 unspecified atom stereocenters. The van der Waals surface area contributed by atoms with Crippen LogP contribution in [0.3, 0.4) is 0 Å². The number of ketones is 2. The van der Waals surface area contributed by atoms with Crippen LogP contribution in [0.2, 0.25) is 5.02 Å². The summed E-state index contributed by atoms with van der Waals surface area (Å²) >= 11 is 6.10. The number of methoxy groups -OCH3 is 1. The van der Waals surface area contributed by atoms with Crippen LogP contribution < -0.4 is 9.64 Å². The molecule has 162 valence electrons. The molecule has 0 radical (unpaired) electrons. The molecule has 2 saturated carbocycles. The Morgan fingerprint density at radius 2 is 1.44 bits per heavy atom. The van der Waals surface area contributed by atoms with Gasteiger partial charge in [0, 0.05) is 22.5 Å². The molecule has 4 aliphatic rings. The molecule has 1 saturated heterocycles. The van der Waals surface area contributed by atoms with Crippen molar-refractivity contribution in [1.82, 2.24) is 0 Å². The molecule has 2 aromatic carbocycles. The van der Waals surface area contributed by atoms with Crippen molar-refractivity contribution in [2.45, 2.75) is 12.5 Å². The van der Waals surface area contributed by atoms with Gasteiger partial charge >= 0.3 is 0 Å². The number of rotatable bonds is 4. The van der Waals surface area contributed by atoms with Crippen LogP contribution >= 0.6 is 11.6 Å². The highest BCUT2D eigenvalue weighted by molar-refractivity contribution is 6.30. The summed E-state index contributed by atoms with van der Waals surface area (Å²) in [6.45, 7) is 0. The Labute approximate surface area is 191 Å². The lowest BCUT2D eigenvalue weighted by atomic mass is 9.71. The standard InChI is InChI=1S/C26H22ClNO4/c1-32-18-10-8-17(9-11-18)28-23(13-4-6-16(27)7-5-13)21(26(28)31)22-24(29)19-14-2-3-15(12-14)20(19)25(22)30/h2-11,14-15,19-23H,12H2,1H3/t14-,15+,19-,20+,21-,22?,23-/m1/s1. The molecule has 7 atom stereocenters. The molecular weight excluding hydrogens is 426 g/mol. The maximum atomic E-state index is 13.5. The minimum atomic E-state index is -0.863. The summed E-state index contributed by atoms with van der Waals surface area (Å²) in [5.41, 5.74) is 1.58. The number of ether oxygens (including phenoxy) is 1. The molecule has 1 aliphatic heterocycles. The number of fused-ring (bicyclic) bond motifs is 5. The van der Waals surface area contributed by atoms with Crippen LogP contribution in [0, 0.1) is 35.5 Å². The number of amides is 1. The van der Waals surface area contributed by atoms with Crippen molar-refractivity contribution in [3.05, 3.63) is 71.3 Å². The number of carbonyl (C=O) groups excluding carboxylic acids is 3. The molecule has 6 rings (SSSR count). The molecule has 5 nitrogen and oxygen atoms in total. The van der Waals surface area contributed by atoms with E-state index in [0.29, 0.717) is 16.5 Å². The first-order chi connectivity index (χ1) is 15.5. The molecular formula is C26H22ClNO4. The molecule has 2 bridgehead atoms. The van der Waals surface area contributed by atoms with E-state index >= 15 is 0 Å². The van der Waals surface area contributed by atoms with Crippen LogP contribution in [-0.2, 0) is 14.4 Å². The molecule has 1 heterocycles. The maximum absolute atomic E-state index is 13.5. The molecule has 0 aromatic heterocycles. The second-order valence-corrected chi connectivity index (χ2v) is 9.65. The van der Waals surface area contributed by atoms with E-state index < -0.39 is 17.9 Å². The van der Waals surface area contributed by atoms with Gasteiger partial charge < -0.3 is 9.64 Å². The summed E-state index contributed by atoms with van der Waals surface area (Å²) < 4.78 is 5.24. The molecule has 1 amide bonds. The molecule has 0 N–H and O–H groups in total. The van der Waals surface area contributed by atoms with Crippen molar-refractivity contribution in [2.24, 2.45) is 35.5 Å². The largest absolute Gasteiger partial charge is 0.497 e. The number of hydrogen-bond donors (Lipinski definition) is 0. The normalized spacial score (nSPS) is 34.8. The van der Waals surface area contributed by atoms with E-state index in [1.165, 1.54) is 0 Å². The highest BCUT2D eigenvalue weighted by Gasteiger charge is 2.66. The van der Waals surface area contributed by atoms with Gasteiger partial charge in [0.1, 0.15) is 17.3 Å². The number of allylic oxidation sites excluding steroid dienone is 2.